The first-order chi connectivity index (χ1) is 18.9. The molecule has 0 aliphatic carbocycles. The Morgan fingerprint density at radius 2 is 1.87 bits per heavy atom. The summed E-state index contributed by atoms with van der Waals surface area (Å²) in [6.45, 7) is 10.5. The molecule has 204 valence electrons. The van der Waals surface area contributed by atoms with Gasteiger partial charge >= 0.3 is 0 Å². The van der Waals surface area contributed by atoms with Crippen molar-refractivity contribution >= 4 is 5.95 Å². The predicted molar refractivity (Wildman–Crippen MR) is 147 cm³/mol. The second-order valence-corrected chi connectivity index (χ2v) is 11.3. The number of anilines is 1. The van der Waals surface area contributed by atoms with Gasteiger partial charge in [-0.1, -0.05) is 6.07 Å². The quantitative estimate of drug-likeness (QED) is 0.391. The molecule has 0 radical (unpaired) electrons. The molecule has 1 spiro atoms. The Hall–Kier alpha value is -3.66. The highest BCUT2D eigenvalue weighted by molar-refractivity contribution is 5.34. The number of H-pyrrole nitrogens is 1. The number of pyridine rings is 1. The molecule has 0 bridgehead atoms. The second kappa shape index (κ2) is 10.5. The Morgan fingerprint density at radius 3 is 2.56 bits per heavy atom. The highest BCUT2D eigenvalue weighted by Crippen LogP contribution is 2.42. The Balaban J connectivity index is 1.10. The van der Waals surface area contributed by atoms with Gasteiger partial charge in [0.2, 0.25) is 5.95 Å². The number of halogens is 1. The van der Waals surface area contributed by atoms with Crippen LogP contribution in [0.3, 0.4) is 0 Å². The van der Waals surface area contributed by atoms with E-state index in [9.17, 15) is 4.39 Å². The van der Waals surface area contributed by atoms with Crippen LogP contribution in [0.1, 0.15) is 67.0 Å². The van der Waals surface area contributed by atoms with Crippen LogP contribution in [-0.2, 0) is 6.42 Å². The highest BCUT2D eigenvalue weighted by Gasteiger charge is 2.40. The van der Waals surface area contributed by atoms with Gasteiger partial charge in [0.15, 0.2) is 11.6 Å². The van der Waals surface area contributed by atoms with Crippen LogP contribution in [0.25, 0.3) is 5.82 Å². The largest absolute Gasteiger partial charge is 0.341 e. The van der Waals surface area contributed by atoms with Gasteiger partial charge < -0.3 is 4.90 Å². The molecular formula is C29H36FN9. The molecule has 0 saturated carbocycles. The van der Waals surface area contributed by atoms with Crippen LogP contribution in [0.4, 0.5) is 10.3 Å². The Labute approximate surface area is 228 Å². The standard InChI is InChI=1S/C29H36FN9/c1-20-13-25(15-26-14-21(2)35-36-26)34-28(33-20)37-11-8-29(9-12-37)7-4-10-38(19-29)22(3)23-5-6-27(31-16-23)39-18-24(30)17-32-39/h5-6,13-14,16-18,22H,4,7-12,15,19H2,1-3H3,(H,35,36)/t22-/m1/s1. The fraction of sp³-hybridized carbons (Fsp3) is 0.483. The molecule has 4 aromatic heterocycles. The summed E-state index contributed by atoms with van der Waals surface area (Å²) in [5.74, 6) is 1.10. The molecule has 9 nitrogen and oxygen atoms in total. The fourth-order valence-corrected chi connectivity index (χ4v) is 6.18. The number of nitrogens with zero attached hydrogens (tertiary/aromatic N) is 8. The zero-order valence-electron chi connectivity index (χ0n) is 22.9. The number of hydrogen-bond donors (Lipinski definition) is 1. The zero-order chi connectivity index (χ0) is 27.0. The zero-order valence-corrected chi connectivity index (χ0v) is 22.9. The lowest BCUT2D eigenvalue weighted by Gasteiger charge is -2.49. The van der Waals surface area contributed by atoms with Gasteiger partial charge in [-0.3, -0.25) is 10.00 Å². The summed E-state index contributed by atoms with van der Waals surface area (Å²) in [5.41, 5.74) is 5.57. The van der Waals surface area contributed by atoms with Gasteiger partial charge in [-0.2, -0.15) is 10.2 Å². The third kappa shape index (κ3) is 5.56. The Morgan fingerprint density at radius 1 is 1.03 bits per heavy atom. The van der Waals surface area contributed by atoms with Crippen LogP contribution < -0.4 is 4.90 Å². The van der Waals surface area contributed by atoms with E-state index in [1.165, 1.54) is 35.5 Å². The van der Waals surface area contributed by atoms with Gasteiger partial charge in [-0.25, -0.2) is 24.0 Å². The molecule has 2 aliphatic rings. The maximum Gasteiger partial charge on any atom is 0.225 e. The van der Waals surface area contributed by atoms with E-state index in [2.05, 4.69) is 55.2 Å². The normalized spacial score (nSPS) is 18.5. The first kappa shape index (κ1) is 25.6. The van der Waals surface area contributed by atoms with Crippen molar-refractivity contribution < 1.29 is 4.39 Å². The number of hydrogen-bond acceptors (Lipinski definition) is 7. The van der Waals surface area contributed by atoms with Gasteiger partial charge in [-0.05, 0) is 82.2 Å². The topological polar surface area (TPSA) is 91.7 Å². The van der Waals surface area contributed by atoms with Crippen LogP contribution in [0.15, 0.2) is 42.9 Å². The molecule has 1 N–H and O–H groups in total. The summed E-state index contributed by atoms with van der Waals surface area (Å²) >= 11 is 0. The average Bonchev–Trinajstić information content (AvgIpc) is 3.56. The molecule has 39 heavy (non-hydrogen) atoms. The molecule has 2 saturated heterocycles. The molecule has 2 fully saturated rings. The van der Waals surface area contributed by atoms with Crippen molar-refractivity contribution in [3.05, 3.63) is 77.0 Å². The predicted octanol–water partition coefficient (Wildman–Crippen LogP) is 4.57. The molecule has 6 rings (SSSR count). The van der Waals surface area contributed by atoms with Crippen LogP contribution in [0.2, 0.25) is 0 Å². The van der Waals surface area contributed by atoms with E-state index in [1.54, 1.807) is 0 Å². The van der Waals surface area contributed by atoms with Gasteiger partial charge in [0.1, 0.15) is 0 Å². The molecule has 10 heteroatoms. The molecule has 0 aromatic carbocycles. The fourth-order valence-electron chi connectivity index (χ4n) is 6.18. The summed E-state index contributed by atoms with van der Waals surface area (Å²) in [4.78, 5) is 19.2. The minimum Gasteiger partial charge on any atom is -0.341 e. The van der Waals surface area contributed by atoms with E-state index in [4.69, 9.17) is 9.97 Å². The first-order valence-electron chi connectivity index (χ1n) is 13.9. The summed E-state index contributed by atoms with van der Waals surface area (Å²) in [7, 11) is 0. The summed E-state index contributed by atoms with van der Waals surface area (Å²) in [6.07, 6.45) is 9.91. The number of piperidine rings is 2. The molecule has 0 unspecified atom stereocenters. The van der Waals surface area contributed by atoms with Crippen molar-refractivity contribution in [1.82, 2.24) is 39.8 Å². The van der Waals surface area contributed by atoms with Gasteiger partial charge in [0, 0.05) is 49.7 Å². The van der Waals surface area contributed by atoms with Gasteiger partial charge in [0.25, 0.3) is 0 Å². The summed E-state index contributed by atoms with van der Waals surface area (Å²) < 4.78 is 14.8. The second-order valence-electron chi connectivity index (χ2n) is 11.3. The van der Waals surface area contributed by atoms with E-state index in [0.717, 1.165) is 67.7 Å². The monoisotopic (exact) mass is 529 g/mol. The van der Waals surface area contributed by atoms with Crippen molar-refractivity contribution in [2.24, 2.45) is 5.41 Å². The molecule has 4 aromatic rings. The maximum absolute atomic E-state index is 13.3. The van der Waals surface area contributed by atoms with E-state index < -0.39 is 0 Å². The maximum atomic E-state index is 13.3. The van der Waals surface area contributed by atoms with Crippen LogP contribution in [0, 0.1) is 25.1 Å². The number of nitrogens with one attached hydrogen (secondary N) is 1. The molecular weight excluding hydrogens is 493 g/mol. The van der Waals surface area contributed by atoms with E-state index in [-0.39, 0.29) is 11.9 Å². The molecule has 1 atom stereocenters. The highest BCUT2D eigenvalue weighted by atomic mass is 19.1. The van der Waals surface area contributed by atoms with Crippen molar-refractivity contribution in [2.75, 3.05) is 31.1 Å². The number of likely N-dealkylation sites (tertiary alicyclic amines) is 1. The number of aromatic amines is 1. The Bertz CT molecular complexity index is 1420. The van der Waals surface area contributed by atoms with Crippen LogP contribution in [0.5, 0.6) is 0 Å². The summed E-state index contributed by atoms with van der Waals surface area (Å²) in [5, 5.41) is 11.4. The van der Waals surface area contributed by atoms with Gasteiger partial charge in [0.05, 0.1) is 23.8 Å². The van der Waals surface area contributed by atoms with E-state index in [1.807, 2.05) is 26.1 Å². The smallest absolute Gasteiger partial charge is 0.225 e. The first-order valence-corrected chi connectivity index (χ1v) is 13.9. The minimum absolute atomic E-state index is 0.268. The molecule has 0 amide bonds. The Kier molecular flexibility index (Phi) is 6.88. The lowest BCUT2D eigenvalue weighted by molar-refractivity contribution is 0.0414. The third-order valence-electron chi connectivity index (χ3n) is 8.40. The van der Waals surface area contributed by atoms with E-state index in [0.29, 0.717) is 17.7 Å². The van der Waals surface area contributed by atoms with Crippen molar-refractivity contribution in [2.45, 2.75) is 58.9 Å². The third-order valence-corrected chi connectivity index (χ3v) is 8.40. The van der Waals surface area contributed by atoms with Crippen molar-refractivity contribution in [3.63, 3.8) is 0 Å². The summed E-state index contributed by atoms with van der Waals surface area (Å²) in [6, 6.07) is 8.41. The van der Waals surface area contributed by atoms with Crippen LogP contribution in [-0.4, -0.2) is 66.0 Å². The minimum atomic E-state index is -0.364. The number of aromatic nitrogens is 7. The molecule has 2 aliphatic heterocycles. The SMILES string of the molecule is Cc1cc(Cc2cc(C)[nH]n2)nc(N2CCC3(CCCN([C@H](C)c4ccc(-n5cc(F)cn5)nc4)C3)CC2)n1. The van der Waals surface area contributed by atoms with E-state index >= 15 is 0 Å². The number of aryl methyl sites for hydroxylation is 2. The lowest BCUT2D eigenvalue weighted by atomic mass is 9.72. The van der Waals surface area contributed by atoms with Crippen molar-refractivity contribution in [3.8, 4) is 5.82 Å². The van der Waals surface area contributed by atoms with Crippen LogP contribution >= 0.6 is 0 Å². The van der Waals surface area contributed by atoms with Gasteiger partial charge in [-0.15, -0.1) is 0 Å². The average molecular weight is 530 g/mol. The van der Waals surface area contributed by atoms with Crippen molar-refractivity contribution in [1.29, 1.82) is 0 Å². The number of rotatable bonds is 6. The lowest BCUT2D eigenvalue weighted by Crippen LogP contribution is -2.50. The molecule has 6 heterocycles.